The van der Waals surface area contributed by atoms with Gasteiger partial charge in [-0.25, -0.2) is 9.78 Å². The van der Waals surface area contributed by atoms with Crippen LogP contribution < -0.4 is 0 Å². The van der Waals surface area contributed by atoms with Gasteiger partial charge >= 0.3 is 5.97 Å². The maximum atomic E-state index is 10.8. The van der Waals surface area contributed by atoms with E-state index < -0.39 is 5.97 Å². The molecule has 0 fully saturated rings. The van der Waals surface area contributed by atoms with Gasteiger partial charge in [0.25, 0.3) is 0 Å². The minimum atomic E-state index is -0.970. The van der Waals surface area contributed by atoms with E-state index in [1.807, 2.05) is 6.07 Å². The van der Waals surface area contributed by atoms with Crippen molar-refractivity contribution in [1.82, 2.24) is 9.55 Å². The van der Waals surface area contributed by atoms with Crippen LogP contribution >= 0.6 is 15.9 Å². The summed E-state index contributed by atoms with van der Waals surface area (Å²) < 4.78 is 2.39. The highest BCUT2D eigenvalue weighted by Crippen LogP contribution is 2.20. The fourth-order valence-electron chi connectivity index (χ4n) is 1.54. The van der Waals surface area contributed by atoms with E-state index in [0.717, 1.165) is 5.56 Å². The number of carbonyl (C=O) groups is 1. The summed E-state index contributed by atoms with van der Waals surface area (Å²) in [5, 5.41) is 17.7. The van der Waals surface area contributed by atoms with E-state index in [9.17, 15) is 4.79 Å². The van der Waals surface area contributed by atoms with Crippen LogP contribution in [0.3, 0.4) is 0 Å². The van der Waals surface area contributed by atoms with E-state index in [0.29, 0.717) is 16.8 Å². The van der Waals surface area contributed by atoms with Crippen LogP contribution in [0.15, 0.2) is 35.1 Å². The quantitative estimate of drug-likeness (QED) is 0.943. The van der Waals surface area contributed by atoms with Crippen molar-refractivity contribution < 1.29 is 9.90 Å². The van der Waals surface area contributed by atoms with Crippen molar-refractivity contribution in [3.63, 3.8) is 0 Å². The van der Waals surface area contributed by atoms with Gasteiger partial charge in [0.2, 0.25) is 5.82 Å². The molecule has 0 aliphatic rings. The van der Waals surface area contributed by atoms with Crippen molar-refractivity contribution in [2.45, 2.75) is 6.54 Å². The summed E-state index contributed by atoms with van der Waals surface area (Å²) in [5.74, 6) is -0.646. The number of halogens is 1. The Morgan fingerprint density at radius 2 is 2.33 bits per heavy atom. The van der Waals surface area contributed by atoms with Gasteiger partial charge in [-0.05, 0) is 17.7 Å². The molecule has 1 N–H and O–H groups in total. The highest BCUT2D eigenvalue weighted by molar-refractivity contribution is 9.10. The molecule has 6 heteroatoms. The minimum Gasteiger partial charge on any atom is -0.478 e. The summed E-state index contributed by atoms with van der Waals surface area (Å²) >= 11 is 3.33. The van der Waals surface area contributed by atoms with E-state index in [1.54, 1.807) is 29.1 Å². The highest BCUT2D eigenvalue weighted by Gasteiger charge is 2.08. The van der Waals surface area contributed by atoms with Crippen molar-refractivity contribution in [3.05, 3.63) is 52.0 Å². The van der Waals surface area contributed by atoms with Crippen LogP contribution in [0.25, 0.3) is 0 Å². The predicted molar refractivity (Wildman–Crippen MR) is 67.1 cm³/mol. The zero-order chi connectivity index (χ0) is 13.1. The molecular weight excluding hydrogens is 298 g/mol. The third kappa shape index (κ3) is 2.41. The van der Waals surface area contributed by atoms with E-state index in [-0.39, 0.29) is 5.56 Å². The number of nitrogens with zero attached hydrogens (tertiary/aromatic N) is 3. The summed E-state index contributed by atoms with van der Waals surface area (Å²) in [4.78, 5) is 14.7. The molecule has 0 amide bonds. The number of aromatic nitrogens is 2. The fourth-order valence-corrected chi connectivity index (χ4v) is 2.05. The van der Waals surface area contributed by atoms with E-state index in [1.165, 1.54) is 6.07 Å². The molecule has 0 saturated heterocycles. The van der Waals surface area contributed by atoms with Gasteiger partial charge in [-0.15, -0.1) is 0 Å². The van der Waals surface area contributed by atoms with Gasteiger partial charge in [0.05, 0.1) is 12.1 Å². The molecular formula is C12H8BrN3O2. The molecule has 0 bridgehead atoms. The number of nitriles is 1. The first kappa shape index (κ1) is 12.3. The standard InChI is InChI=1S/C12H8BrN3O2/c13-10-5-8(12(17)18)1-2-9(10)7-16-4-3-15-11(16)6-14/h1-5H,7H2,(H,17,18). The summed E-state index contributed by atoms with van der Waals surface area (Å²) in [6.45, 7) is 0.462. The van der Waals surface area contributed by atoms with Crippen LogP contribution in [-0.2, 0) is 6.54 Å². The second-order valence-corrected chi connectivity index (χ2v) is 4.46. The molecule has 0 unspecified atom stereocenters. The number of carboxylic acids is 1. The summed E-state index contributed by atoms with van der Waals surface area (Å²) in [5.41, 5.74) is 1.10. The van der Waals surface area contributed by atoms with Crippen LogP contribution in [0.4, 0.5) is 0 Å². The highest BCUT2D eigenvalue weighted by atomic mass is 79.9. The summed E-state index contributed by atoms with van der Waals surface area (Å²) in [7, 11) is 0. The maximum Gasteiger partial charge on any atom is 0.335 e. The van der Waals surface area contributed by atoms with Crippen LogP contribution in [0.1, 0.15) is 21.7 Å². The Morgan fingerprint density at radius 3 is 2.94 bits per heavy atom. The first-order valence-electron chi connectivity index (χ1n) is 5.05. The lowest BCUT2D eigenvalue weighted by molar-refractivity contribution is 0.0697. The monoisotopic (exact) mass is 305 g/mol. The first-order chi connectivity index (χ1) is 8.61. The van der Waals surface area contributed by atoms with Gasteiger partial charge in [0, 0.05) is 16.9 Å². The lowest BCUT2D eigenvalue weighted by atomic mass is 10.1. The van der Waals surface area contributed by atoms with Gasteiger partial charge < -0.3 is 9.67 Å². The zero-order valence-corrected chi connectivity index (χ0v) is 10.8. The topological polar surface area (TPSA) is 78.9 Å². The predicted octanol–water partition coefficient (Wildman–Crippen LogP) is 2.26. The Labute approximate surface area is 111 Å². The van der Waals surface area contributed by atoms with Gasteiger partial charge in [0.15, 0.2) is 0 Å². The molecule has 1 aromatic carbocycles. The van der Waals surface area contributed by atoms with Crippen molar-refractivity contribution in [2.24, 2.45) is 0 Å². The normalized spacial score (nSPS) is 10.0. The number of aromatic carboxylic acids is 1. The maximum absolute atomic E-state index is 10.8. The largest absolute Gasteiger partial charge is 0.478 e. The average molecular weight is 306 g/mol. The van der Waals surface area contributed by atoms with Crippen molar-refractivity contribution >= 4 is 21.9 Å². The molecule has 0 aliphatic carbocycles. The lowest BCUT2D eigenvalue weighted by Crippen LogP contribution is -2.03. The second kappa shape index (κ2) is 5.02. The van der Waals surface area contributed by atoms with Gasteiger partial charge in [-0.3, -0.25) is 0 Å². The lowest BCUT2D eigenvalue weighted by Gasteiger charge is -2.07. The van der Waals surface area contributed by atoms with Crippen LogP contribution in [0.2, 0.25) is 0 Å². The van der Waals surface area contributed by atoms with Gasteiger partial charge in [0.1, 0.15) is 6.07 Å². The number of benzene rings is 1. The molecule has 2 rings (SSSR count). The SMILES string of the molecule is N#Cc1nccn1Cc1ccc(C(=O)O)cc1Br. The molecule has 1 aromatic heterocycles. The Kier molecular flexibility index (Phi) is 3.44. The Hall–Kier alpha value is -2.13. The first-order valence-corrected chi connectivity index (χ1v) is 5.84. The van der Waals surface area contributed by atoms with Gasteiger partial charge in [-0.1, -0.05) is 22.0 Å². The number of imidazole rings is 1. The molecule has 0 aliphatic heterocycles. The molecule has 0 radical (unpaired) electrons. The number of hydrogen-bond acceptors (Lipinski definition) is 3. The Bertz CT molecular complexity index is 643. The van der Waals surface area contributed by atoms with Crippen LogP contribution in [-0.4, -0.2) is 20.6 Å². The molecule has 0 spiro atoms. The summed E-state index contributed by atoms with van der Waals surface area (Å²) in [6.07, 6.45) is 3.26. The average Bonchev–Trinajstić information content (AvgIpc) is 2.78. The third-order valence-corrected chi connectivity index (χ3v) is 3.19. The Morgan fingerprint density at radius 1 is 1.56 bits per heavy atom. The van der Waals surface area contributed by atoms with Crippen LogP contribution in [0.5, 0.6) is 0 Å². The molecule has 90 valence electrons. The van der Waals surface area contributed by atoms with Crippen molar-refractivity contribution in [3.8, 4) is 6.07 Å². The molecule has 0 atom stereocenters. The number of rotatable bonds is 3. The number of carboxylic acid groups (broad SMARTS) is 1. The molecule has 2 aromatic rings. The van der Waals surface area contributed by atoms with Crippen molar-refractivity contribution in [2.75, 3.05) is 0 Å². The van der Waals surface area contributed by atoms with E-state index >= 15 is 0 Å². The van der Waals surface area contributed by atoms with Crippen LogP contribution in [0, 0.1) is 11.3 Å². The van der Waals surface area contributed by atoms with E-state index in [2.05, 4.69) is 20.9 Å². The molecule has 1 heterocycles. The molecule has 18 heavy (non-hydrogen) atoms. The second-order valence-electron chi connectivity index (χ2n) is 3.60. The Balaban J connectivity index is 2.31. The molecule has 0 saturated carbocycles. The number of hydrogen-bond donors (Lipinski definition) is 1. The zero-order valence-electron chi connectivity index (χ0n) is 9.17. The molecule has 5 nitrogen and oxygen atoms in total. The minimum absolute atomic E-state index is 0.219. The smallest absolute Gasteiger partial charge is 0.335 e. The van der Waals surface area contributed by atoms with Gasteiger partial charge in [-0.2, -0.15) is 5.26 Å². The fraction of sp³-hybridized carbons (Fsp3) is 0.0833. The summed E-state index contributed by atoms with van der Waals surface area (Å²) in [6, 6.07) is 6.78. The third-order valence-electron chi connectivity index (χ3n) is 2.46. The van der Waals surface area contributed by atoms with Crippen molar-refractivity contribution in [1.29, 1.82) is 5.26 Å². The van der Waals surface area contributed by atoms with E-state index in [4.69, 9.17) is 10.4 Å².